The lowest BCUT2D eigenvalue weighted by Gasteiger charge is -2.44. The number of nitrogens with zero attached hydrogens (tertiary/aromatic N) is 7. The number of fused-ring (bicyclic) bond motifs is 2. The van der Waals surface area contributed by atoms with Gasteiger partial charge in [-0.05, 0) is 80.0 Å². The molecule has 3 saturated heterocycles. The average Bonchev–Trinajstić information content (AvgIpc) is 3.60. The van der Waals surface area contributed by atoms with Crippen molar-refractivity contribution in [2.24, 2.45) is 5.41 Å². The van der Waals surface area contributed by atoms with Gasteiger partial charge >= 0.3 is 0 Å². The molecule has 9 nitrogen and oxygen atoms in total. The third kappa shape index (κ3) is 3.41. The Bertz CT molecular complexity index is 1130. The molecule has 178 valence electrons. The molecule has 1 amide bonds. The van der Waals surface area contributed by atoms with Crippen LogP contribution in [0.2, 0.25) is 0 Å². The molecule has 34 heavy (non-hydrogen) atoms. The highest BCUT2D eigenvalue weighted by Gasteiger charge is 2.56. The SMILES string of the molecule is C=C1CCC(N2CCC3(CC4CCC(C3)N4CC(O)c3ccc(-n4cnnn4)cn3)C2=O)=C1C. The Morgan fingerprint density at radius 3 is 2.65 bits per heavy atom. The lowest BCUT2D eigenvalue weighted by atomic mass is 9.73. The lowest BCUT2D eigenvalue weighted by molar-refractivity contribution is -0.138. The van der Waals surface area contributed by atoms with E-state index in [0.29, 0.717) is 30.2 Å². The minimum absolute atomic E-state index is 0.240. The molecular weight excluding hydrogens is 430 g/mol. The Hall–Kier alpha value is -2.91. The summed E-state index contributed by atoms with van der Waals surface area (Å²) in [6.07, 6.45) is 9.35. The van der Waals surface area contributed by atoms with E-state index in [4.69, 9.17) is 0 Å². The van der Waals surface area contributed by atoms with Crippen LogP contribution < -0.4 is 0 Å². The Kier molecular flexibility index (Phi) is 5.14. The Labute approximate surface area is 199 Å². The predicted octanol–water partition coefficient (Wildman–Crippen LogP) is 2.56. The number of amides is 1. The van der Waals surface area contributed by atoms with Crippen LogP contribution in [0.5, 0.6) is 0 Å². The smallest absolute Gasteiger partial charge is 0.233 e. The van der Waals surface area contributed by atoms with E-state index in [-0.39, 0.29) is 5.41 Å². The number of hydrogen-bond acceptors (Lipinski definition) is 7. The van der Waals surface area contributed by atoms with Gasteiger partial charge in [-0.2, -0.15) is 4.68 Å². The van der Waals surface area contributed by atoms with Gasteiger partial charge < -0.3 is 10.0 Å². The highest BCUT2D eigenvalue weighted by Crippen LogP contribution is 2.52. The third-order valence-electron chi connectivity index (χ3n) is 8.60. The Balaban J connectivity index is 1.14. The molecule has 0 radical (unpaired) electrons. The van der Waals surface area contributed by atoms with Crippen LogP contribution in [-0.2, 0) is 4.79 Å². The van der Waals surface area contributed by atoms with Gasteiger partial charge in [0.05, 0.1) is 23.0 Å². The quantitative estimate of drug-likeness (QED) is 0.730. The molecule has 1 aliphatic carbocycles. The first kappa shape index (κ1) is 21.6. The van der Waals surface area contributed by atoms with E-state index in [2.05, 4.69) is 43.8 Å². The van der Waals surface area contributed by atoms with E-state index >= 15 is 0 Å². The van der Waals surface area contributed by atoms with Crippen molar-refractivity contribution in [1.82, 2.24) is 35.0 Å². The van der Waals surface area contributed by atoms with Crippen LogP contribution >= 0.6 is 0 Å². The minimum atomic E-state index is -0.673. The number of tetrazole rings is 1. The van der Waals surface area contributed by atoms with Gasteiger partial charge in [-0.1, -0.05) is 12.2 Å². The van der Waals surface area contributed by atoms with Gasteiger partial charge in [0.1, 0.15) is 12.4 Å². The number of aliphatic hydroxyl groups excluding tert-OH is 1. The van der Waals surface area contributed by atoms with Crippen molar-refractivity contribution in [3.05, 3.63) is 53.8 Å². The summed E-state index contributed by atoms with van der Waals surface area (Å²) in [5.41, 5.74) is 4.74. The molecule has 4 aliphatic rings. The van der Waals surface area contributed by atoms with Crippen molar-refractivity contribution in [3.63, 3.8) is 0 Å². The van der Waals surface area contributed by atoms with Gasteiger partial charge in [0.25, 0.3) is 0 Å². The Morgan fingerprint density at radius 2 is 2.03 bits per heavy atom. The second kappa shape index (κ2) is 8.09. The number of rotatable bonds is 5. The zero-order valence-electron chi connectivity index (χ0n) is 19.6. The number of aliphatic hydroxyl groups is 1. The molecule has 2 aromatic rings. The fraction of sp³-hybridized carbons (Fsp3) is 0.560. The van der Waals surface area contributed by atoms with Crippen molar-refractivity contribution in [1.29, 1.82) is 0 Å². The number of carbonyl (C=O) groups excluding carboxylic acids is 1. The van der Waals surface area contributed by atoms with Gasteiger partial charge in [0.15, 0.2) is 0 Å². The van der Waals surface area contributed by atoms with E-state index in [1.165, 1.54) is 27.9 Å². The number of carbonyl (C=O) groups is 1. The van der Waals surface area contributed by atoms with E-state index in [9.17, 15) is 9.90 Å². The van der Waals surface area contributed by atoms with Crippen molar-refractivity contribution >= 4 is 5.91 Å². The second-order valence-electron chi connectivity index (χ2n) is 10.4. The van der Waals surface area contributed by atoms with Gasteiger partial charge in [0, 0.05) is 30.9 Å². The number of aromatic nitrogens is 5. The molecule has 0 aromatic carbocycles. The normalized spacial score (nSPS) is 30.2. The zero-order valence-corrected chi connectivity index (χ0v) is 19.6. The molecule has 5 heterocycles. The second-order valence-corrected chi connectivity index (χ2v) is 10.4. The number of pyridine rings is 1. The summed E-state index contributed by atoms with van der Waals surface area (Å²) in [5, 5.41) is 22.1. The largest absolute Gasteiger partial charge is 0.385 e. The molecule has 9 heteroatoms. The molecule has 1 spiro atoms. The molecule has 2 bridgehead atoms. The van der Waals surface area contributed by atoms with Crippen molar-refractivity contribution in [3.8, 4) is 5.69 Å². The summed E-state index contributed by atoms with van der Waals surface area (Å²) in [6.45, 7) is 7.65. The first-order valence-corrected chi connectivity index (χ1v) is 12.3. The number of allylic oxidation sites excluding steroid dienone is 3. The van der Waals surface area contributed by atoms with Gasteiger partial charge in [-0.15, -0.1) is 5.10 Å². The van der Waals surface area contributed by atoms with E-state index in [1.54, 1.807) is 6.20 Å². The molecule has 1 N–H and O–H groups in total. The summed E-state index contributed by atoms with van der Waals surface area (Å²) < 4.78 is 1.54. The van der Waals surface area contributed by atoms with Crippen LogP contribution in [0.1, 0.15) is 63.7 Å². The van der Waals surface area contributed by atoms with E-state index in [1.807, 2.05) is 12.1 Å². The molecule has 6 rings (SSSR count). The average molecular weight is 462 g/mol. The fourth-order valence-corrected chi connectivity index (χ4v) is 6.68. The number of hydrogen-bond donors (Lipinski definition) is 1. The van der Waals surface area contributed by atoms with E-state index < -0.39 is 6.10 Å². The molecule has 3 aliphatic heterocycles. The standard InChI is InChI=1S/C25H31N7O2/c1-16-3-8-22(17(16)2)30-10-9-25(24(30)34)11-18-4-5-19(12-25)31(18)14-23(33)21-7-6-20(13-26-21)32-15-27-28-29-32/h6-7,13,15,18-19,23,33H,1,3-5,8-12,14H2,2H3. The summed E-state index contributed by atoms with van der Waals surface area (Å²) in [7, 11) is 0. The first-order valence-electron chi connectivity index (χ1n) is 12.3. The van der Waals surface area contributed by atoms with E-state index in [0.717, 1.165) is 57.2 Å². The van der Waals surface area contributed by atoms with Gasteiger partial charge in [-0.25, -0.2) is 0 Å². The van der Waals surface area contributed by atoms with Crippen LogP contribution in [0.25, 0.3) is 5.69 Å². The van der Waals surface area contributed by atoms with Crippen LogP contribution in [0.4, 0.5) is 0 Å². The summed E-state index contributed by atoms with van der Waals surface area (Å²) in [5.74, 6) is 0.327. The molecule has 3 unspecified atom stereocenters. The fourth-order valence-electron chi connectivity index (χ4n) is 6.68. The topological polar surface area (TPSA) is 100 Å². The maximum Gasteiger partial charge on any atom is 0.233 e. The highest BCUT2D eigenvalue weighted by atomic mass is 16.3. The molecule has 0 saturated carbocycles. The lowest BCUT2D eigenvalue weighted by Crippen LogP contribution is -2.51. The zero-order chi connectivity index (χ0) is 23.4. The van der Waals surface area contributed by atoms with Crippen LogP contribution in [0.15, 0.2) is 48.1 Å². The van der Waals surface area contributed by atoms with Crippen LogP contribution in [0, 0.1) is 5.41 Å². The van der Waals surface area contributed by atoms with Crippen molar-refractivity contribution in [2.45, 2.75) is 70.1 Å². The summed E-state index contributed by atoms with van der Waals surface area (Å²) in [6, 6.07) is 4.37. The Morgan fingerprint density at radius 1 is 1.24 bits per heavy atom. The predicted molar refractivity (Wildman–Crippen MR) is 124 cm³/mol. The van der Waals surface area contributed by atoms with Gasteiger partial charge in [-0.3, -0.25) is 14.7 Å². The maximum absolute atomic E-state index is 13.7. The van der Waals surface area contributed by atoms with Crippen LogP contribution in [0.3, 0.4) is 0 Å². The van der Waals surface area contributed by atoms with Crippen molar-refractivity contribution < 1.29 is 9.90 Å². The summed E-state index contributed by atoms with van der Waals surface area (Å²) >= 11 is 0. The molecule has 2 aromatic heterocycles. The number of piperidine rings is 1. The molecular formula is C25H31N7O2. The first-order chi connectivity index (χ1) is 16.4. The monoisotopic (exact) mass is 461 g/mol. The number of likely N-dealkylation sites (tertiary alicyclic amines) is 1. The molecule has 3 fully saturated rings. The van der Waals surface area contributed by atoms with Gasteiger partial charge in [0.2, 0.25) is 5.91 Å². The third-order valence-corrected chi connectivity index (χ3v) is 8.60. The molecule has 3 atom stereocenters. The summed E-state index contributed by atoms with van der Waals surface area (Å²) in [4.78, 5) is 22.7. The van der Waals surface area contributed by atoms with Crippen molar-refractivity contribution in [2.75, 3.05) is 13.1 Å². The minimum Gasteiger partial charge on any atom is -0.385 e. The maximum atomic E-state index is 13.7. The van der Waals surface area contributed by atoms with Crippen LogP contribution in [-0.4, -0.2) is 71.2 Å². The highest BCUT2D eigenvalue weighted by molar-refractivity contribution is 5.87.